The predicted octanol–water partition coefficient (Wildman–Crippen LogP) is 3.44. The van der Waals surface area contributed by atoms with Crippen LogP contribution in [0.15, 0.2) is 53.7 Å². The molecule has 0 saturated carbocycles. The van der Waals surface area contributed by atoms with Gasteiger partial charge in [0.2, 0.25) is 11.9 Å². The van der Waals surface area contributed by atoms with E-state index in [9.17, 15) is 4.79 Å². The summed E-state index contributed by atoms with van der Waals surface area (Å²) in [6.45, 7) is 6.25. The highest BCUT2D eigenvalue weighted by atomic mass is 16.5. The second-order valence-electron chi connectivity index (χ2n) is 7.35. The number of benzene rings is 2. The van der Waals surface area contributed by atoms with E-state index in [0.29, 0.717) is 41.1 Å². The third kappa shape index (κ3) is 3.72. The van der Waals surface area contributed by atoms with E-state index in [0.717, 1.165) is 16.7 Å². The number of allylic oxidation sites excluding steroid dienone is 1. The van der Waals surface area contributed by atoms with Gasteiger partial charge in [0.15, 0.2) is 17.3 Å². The van der Waals surface area contributed by atoms with Gasteiger partial charge in [-0.05, 0) is 44.5 Å². The predicted molar refractivity (Wildman–Crippen MR) is 118 cm³/mol. The molecule has 8 nitrogen and oxygen atoms in total. The first-order valence-electron chi connectivity index (χ1n) is 10.0. The summed E-state index contributed by atoms with van der Waals surface area (Å²) in [5, 5.41) is 7.90. The van der Waals surface area contributed by atoms with Crippen molar-refractivity contribution in [1.29, 1.82) is 0 Å². The summed E-state index contributed by atoms with van der Waals surface area (Å²) < 4.78 is 12.8. The minimum atomic E-state index is -0.551. The highest BCUT2D eigenvalue weighted by Crippen LogP contribution is 2.39. The third-order valence-electron chi connectivity index (χ3n) is 5.20. The molecule has 3 N–H and O–H groups in total. The van der Waals surface area contributed by atoms with Crippen LogP contribution in [0.2, 0.25) is 0 Å². The van der Waals surface area contributed by atoms with E-state index in [2.05, 4.69) is 10.3 Å². The van der Waals surface area contributed by atoms with Crippen molar-refractivity contribution < 1.29 is 14.3 Å². The first-order valence-corrected chi connectivity index (χ1v) is 10.0. The number of amides is 1. The molecule has 3 aromatic rings. The van der Waals surface area contributed by atoms with E-state index in [1.165, 1.54) is 0 Å². The molecule has 31 heavy (non-hydrogen) atoms. The molecule has 0 saturated heterocycles. The fourth-order valence-electron chi connectivity index (χ4n) is 3.81. The van der Waals surface area contributed by atoms with Crippen LogP contribution in [0.1, 0.15) is 31.0 Å². The molecular weight excluding hydrogens is 394 g/mol. The number of methoxy groups -OCH3 is 1. The second kappa shape index (κ2) is 8.14. The molecule has 1 atom stereocenters. The van der Waals surface area contributed by atoms with Crippen LogP contribution in [0.4, 0.5) is 5.95 Å². The molecule has 0 unspecified atom stereocenters. The number of nitrogens with two attached hydrogens (primary N) is 1. The Bertz CT molecular complexity index is 1180. The molecule has 1 amide bonds. The van der Waals surface area contributed by atoms with Crippen LogP contribution < -0.4 is 20.5 Å². The van der Waals surface area contributed by atoms with Crippen molar-refractivity contribution in [2.24, 2.45) is 5.73 Å². The van der Waals surface area contributed by atoms with E-state index in [1.807, 2.05) is 63.2 Å². The maximum absolute atomic E-state index is 12.4. The molecule has 1 aromatic heterocycles. The number of hydrogen-bond acceptors (Lipinski definition) is 6. The van der Waals surface area contributed by atoms with Crippen molar-refractivity contribution in [1.82, 2.24) is 14.8 Å². The van der Waals surface area contributed by atoms with Crippen LogP contribution in [-0.2, 0) is 4.79 Å². The second-order valence-corrected chi connectivity index (χ2v) is 7.35. The highest BCUT2D eigenvalue weighted by Gasteiger charge is 2.34. The third-order valence-corrected chi connectivity index (χ3v) is 5.20. The van der Waals surface area contributed by atoms with Crippen LogP contribution in [0.3, 0.4) is 0 Å². The standard InChI is InChI=1S/C23H25N5O3/c1-5-31-17-10-9-15(12-18(17)30-4)20-19(21(24)29)14(3)25-23-26-22(27-28(20)23)16-8-6-7-13(2)11-16/h6-12,20H,5H2,1-4H3,(H2,24,29)(H,25,26,27)/t20-/m1/s1. The zero-order chi connectivity index (χ0) is 22.1. The Morgan fingerprint density at radius 3 is 2.68 bits per heavy atom. The first kappa shape index (κ1) is 20.5. The normalized spacial score (nSPS) is 15.3. The lowest BCUT2D eigenvalue weighted by atomic mass is 9.95. The number of nitrogens with zero attached hydrogens (tertiary/aromatic N) is 3. The van der Waals surface area contributed by atoms with Gasteiger partial charge < -0.3 is 20.5 Å². The summed E-state index contributed by atoms with van der Waals surface area (Å²) >= 11 is 0. The van der Waals surface area contributed by atoms with E-state index >= 15 is 0 Å². The summed E-state index contributed by atoms with van der Waals surface area (Å²) in [6, 6.07) is 13.0. The number of hydrogen-bond donors (Lipinski definition) is 2. The van der Waals surface area contributed by atoms with Crippen molar-refractivity contribution in [3.05, 3.63) is 64.9 Å². The molecule has 0 aliphatic carbocycles. The maximum atomic E-state index is 12.4. The topological polar surface area (TPSA) is 104 Å². The lowest BCUT2D eigenvalue weighted by Gasteiger charge is -2.28. The smallest absolute Gasteiger partial charge is 0.248 e. The molecular formula is C23H25N5O3. The number of nitrogens with one attached hydrogen (secondary N) is 1. The SMILES string of the molecule is CCOc1ccc([C@@H]2C(C(N)=O)=C(C)Nc3nc(-c4cccc(C)c4)nn32)cc1OC. The number of primary amides is 1. The molecule has 0 radical (unpaired) electrons. The van der Waals surface area contributed by atoms with Crippen LogP contribution >= 0.6 is 0 Å². The number of rotatable bonds is 6. The fourth-order valence-corrected chi connectivity index (χ4v) is 3.81. The number of ether oxygens (including phenoxy) is 2. The number of aromatic nitrogens is 3. The van der Waals surface area contributed by atoms with Gasteiger partial charge in [-0.25, -0.2) is 4.68 Å². The van der Waals surface area contributed by atoms with Gasteiger partial charge in [-0.2, -0.15) is 4.98 Å². The van der Waals surface area contributed by atoms with E-state index in [1.54, 1.807) is 11.8 Å². The Kier molecular flexibility index (Phi) is 5.37. The average molecular weight is 419 g/mol. The van der Waals surface area contributed by atoms with Gasteiger partial charge >= 0.3 is 0 Å². The van der Waals surface area contributed by atoms with Crippen molar-refractivity contribution in [3.63, 3.8) is 0 Å². The van der Waals surface area contributed by atoms with Gasteiger partial charge in [-0.1, -0.05) is 29.8 Å². The summed E-state index contributed by atoms with van der Waals surface area (Å²) in [7, 11) is 1.58. The number of aryl methyl sites for hydroxylation is 1. The molecule has 2 aromatic carbocycles. The average Bonchev–Trinajstić information content (AvgIpc) is 3.16. The largest absolute Gasteiger partial charge is 0.493 e. The zero-order valence-corrected chi connectivity index (χ0v) is 18.0. The number of carbonyl (C=O) groups excluding carboxylic acids is 1. The molecule has 8 heteroatoms. The van der Waals surface area contributed by atoms with E-state index in [4.69, 9.17) is 20.3 Å². The number of anilines is 1. The van der Waals surface area contributed by atoms with Crippen LogP contribution in [0, 0.1) is 6.92 Å². The van der Waals surface area contributed by atoms with Crippen molar-refractivity contribution >= 4 is 11.9 Å². The van der Waals surface area contributed by atoms with Gasteiger partial charge in [0, 0.05) is 11.3 Å². The van der Waals surface area contributed by atoms with Crippen LogP contribution in [0.5, 0.6) is 11.5 Å². The quantitative estimate of drug-likeness (QED) is 0.634. The lowest BCUT2D eigenvalue weighted by Crippen LogP contribution is -2.31. The number of fused-ring (bicyclic) bond motifs is 1. The Hall–Kier alpha value is -3.81. The minimum absolute atomic E-state index is 0.416. The van der Waals surface area contributed by atoms with Gasteiger partial charge in [-0.15, -0.1) is 5.10 Å². The molecule has 1 aliphatic heterocycles. The molecule has 4 rings (SSSR count). The van der Waals surface area contributed by atoms with Crippen LogP contribution in [-0.4, -0.2) is 34.4 Å². The first-order chi connectivity index (χ1) is 14.9. The molecule has 0 fully saturated rings. The summed E-state index contributed by atoms with van der Waals surface area (Å²) in [5.41, 5.74) is 9.62. The van der Waals surface area contributed by atoms with Gasteiger partial charge in [-0.3, -0.25) is 4.79 Å². The zero-order valence-electron chi connectivity index (χ0n) is 18.0. The van der Waals surface area contributed by atoms with E-state index in [-0.39, 0.29) is 0 Å². The Morgan fingerprint density at radius 2 is 2.00 bits per heavy atom. The molecule has 160 valence electrons. The van der Waals surface area contributed by atoms with Gasteiger partial charge in [0.05, 0.1) is 19.3 Å². The summed E-state index contributed by atoms with van der Waals surface area (Å²) in [6.07, 6.45) is 0. The van der Waals surface area contributed by atoms with Crippen molar-refractivity contribution in [2.45, 2.75) is 26.8 Å². The Labute approximate surface area is 180 Å². The monoisotopic (exact) mass is 419 g/mol. The lowest BCUT2D eigenvalue weighted by molar-refractivity contribution is -0.115. The van der Waals surface area contributed by atoms with Gasteiger partial charge in [0.1, 0.15) is 6.04 Å². The molecule has 0 spiro atoms. The van der Waals surface area contributed by atoms with Gasteiger partial charge in [0.25, 0.3) is 0 Å². The molecule has 2 heterocycles. The number of carbonyl (C=O) groups is 1. The molecule has 0 bridgehead atoms. The van der Waals surface area contributed by atoms with Crippen molar-refractivity contribution in [2.75, 3.05) is 19.0 Å². The summed E-state index contributed by atoms with van der Waals surface area (Å²) in [4.78, 5) is 17.1. The molecule has 1 aliphatic rings. The fraction of sp³-hybridized carbons (Fsp3) is 0.261. The Morgan fingerprint density at radius 1 is 1.19 bits per heavy atom. The highest BCUT2D eigenvalue weighted by molar-refractivity contribution is 5.95. The van der Waals surface area contributed by atoms with Crippen LogP contribution in [0.25, 0.3) is 11.4 Å². The van der Waals surface area contributed by atoms with E-state index < -0.39 is 11.9 Å². The van der Waals surface area contributed by atoms with Crippen molar-refractivity contribution in [3.8, 4) is 22.9 Å². The minimum Gasteiger partial charge on any atom is -0.493 e. The summed E-state index contributed by atoms with van der Waals surface area (Å²) in [5.74, 6) is 1.77. The maximum Gasteiger partial charge on any atom is 0.248 e. The Balaban J connectivity index is 1.87.